The Labute approximate surface area is 159 Å². The molecule has 0 spiro atoms. The molecule has 0 N–H and O–H groups in total. The van der Waals surface area contributed by atoms with Gasteiger partial charge in [0.2, 0.25) is 0 Å². The predicted molar refractivity (Wildman–Crippen MR) is 112 cm³/mol. The fraction of sp³-hybridized carbons (Fsp3) is 0.120. The number of hydrogen-bond acceptors (Lipinski definition) is 0. The first-order chi connectivity index (χ1) is 13.1. The fourth-order valence-corrected chi connectivity index (χ4v) is 3.34. The lowest BCUT2D eigenvalue weighted by Crippen LogP contribution is -1.98. The average molecular weight is 355 g/mol. The molecule has 134 valence electrons. The summed E-state index contributed by atoms with van der Waals surface area (Å²) in [5.41, 5.74) is 7.15. The van der Waals surface area contributed by atoms with Gasteiger partial charge in [-0.2, -0.15) is 0 Å². The number of benzene rings is 3. The van der Waals surface area contributed by atoms with Crippen molar-refractivity contribution in [1.29, 1.82) is 0 Å². The van der Waals surface area contributed by atoms with Gasteiger partial charge in [-0.15, -0.1) is 0 Å². The molecular formula is C25H22FN. The molecule has 4 rings (SSSR count). The predicted octanol–water partition coefficient (Wildman–Crippen LogP) is 6.62. The molecular weight excluding hydrogens is 333 g/mol. The SMILES string of the molecule is Cc1ccc(/C=C/c2cn(Cc3ccc(F)cc3)c3cc(C)ccc23)cc1. The van der Waals surface area contributed by atoms with Crippen LogP contribution in [-0.2, 0) is 6.54 Å². The zero-order valence-corrected chi connectivity index (χ0v) is 15.6. The van der Waals surface area contributed by atoms with E-state index >= 15 is 0 Å². The molecule has 0 saturated carbocycles. The zero-order chi connectivity index (χ0) is 18.8. The van der Waals surface area contributed by atoms with Crippen molar-refractivity contribution in [3.05, 3.63) is 107 Å². The van der Waals surface area contributed by atoms with Crippen LogP contribution < -0.4 is 0 Å². The maximum Gasteiger partial charge on any atom is 0.123 e. The molecule has 0 aliphatic rings. The first-order valence-electron chi connectivity index (χ1n) is 9.17. The summed E-state index contributed by atoms with van der Waals surface area (Å²) in [6.45, 7) is 4.92. The van der Waals surface area contributed by atoms with Gasteiger partial charge in [-0.25, -0.2) is 4.39 Å². The van der Waals surface area contributed by atoms with Gasteiger partial charge in [0.1, 0.15) is 5.82 Å². The second-order valence-corrected chi connectivity index (χ2v) is 7.10. The third-order valence-corrected chi connectivity index (χ3v) is 4.87. The number of aryl methyl sites for hydroxylation is 2. The Kier molecular flexibility index (Phi) is 4.64. The summed E-state index contributed by atoms with van der Waals surface area (Å²) in [6, 6.07) is 21.8. The zero-order valence-electron chi connectivity index (χ0n) is 15.6. The van der Waals surface area contributed by atoms with Crippen LogP contribution in [0.3, 0.4) is 0 Å². The third kappa shape index (κ3) is 3.85. The van der Waals surface area contributed by atoms with E-state index in [1.165, 1.54) is 45.3 Å². The maximum absolute atomic E-state index is 13.2. The smallest absolute Gasteiger partial charge is 0.123 e. The molecule has 4 aromatic rings. The van der Waals surface area contributed by atoms with Crippen LogP contribution in [0.5, 0.6) is 0 Å². The van der Waals surface area contributed by atoms with E-state index in [1.54, 1.807) is 0 Å². The lowest BCUT2D eigenvalue weighted by molar-refractivity contribution is 0.626. The van der Waals surface area contributed by atoms with Gasteiger partial charge in [-0.1, -0.05) is 66.2 Å². The number of rotatable bonds is 4. The van der Waals surface area contributed by atoms with Crippen LogP contribution in [0.4, 0.5) is 4.39 Å². The lowest BCUT2D eigenvalue weighted by atomic mass is 10.1. The number of nitrogens with zero attached hydrogens (tertiary/aromatic N) is 1. The van der Waals surface area contributed by atoms with Crippen molar-refractivity contribution < 1.29 is 4.39 Å². The Morgan fingerprint density at radius 3 is 2.26 bits per heavy atom. The molecule has 3 aromatic carbocycles. The van der Waals surface area contributed by atoms with Gasteiger partial charge in [0.05, 0.1) is 0 Å². The molecule has 27 heavy (non-hydrogen) atoms. The molecule has 2 heteroatoms. The second kappa shape index (κ2) is 7.24. The largest absolute Gasteiger partial charge is 0.342 e. The average Bonchev–Trinajstić information content (AvgIpc) is 3.00. The molecule has 0 aliphatic heterocycles. The highest BCUT2D eigenvalue weighted by Crippen LogP contribution is 2.25. The monoisotopic (exact) mass is 355 g/mol. The van der Waals surface area contributed by atoms with E-state index in [9.17, 15) is 4.39 Å². The Hall–Kier alpha value is -3.13. The molecule has 1 aromatic heterocycles. The number of aromatic nitrogens is 1. The maximum atomic E-state index is 13.2. The Morgan fingerprint density at radius 2 is 1.52 bits per heavy atom. The van der Waals surface area contributed by atoms with Crippen LogP contribution in [0.2, 0.25) is 0 Å². The van der Waals surface area contributed by atoms with Crippen LogP contribution in [-0.4, -0.2) is 4.57 Å². The lowest BCUT2D eigenvalue weighted by Gasteiger charge is -2.06. The quantitative estimate of drug-likeness (QED) is 0.388. The Morgan fingerprint density at radius 1 is 0.815 bits per heavy atom. The summed E-state index contributed by atoms with van der Waals surface area (Å²) in [7, 11) is 0. The molecule has 0 unspecified atom stereocenters. The van der Waals surface area contributed by atoms with Gasteiger partial charge in [-0.3, -0.25) is 0 Å². The topological polar surface area (TPSA) is 4.93 Å². The summed E-state index contributed by atoms with van der Waals surface area (Å²) < 4.78 is 15.4. The summed E-state index contributed by atoms with van der Waals surface area (Å²) in [4.78, 5) is 0. The van der Waals surface area contributed by atoms with E-state index in [-0.39, 0.29) is 5.82 Å². The molecule has 0 radical (unpaired) electrons. The number of halogens is 1. The van der Waals surface area contributed by atoms with Gasteiger partial charge >= 0.3 is 0 Å². The summed E-state index contributed by atoms with van der Waals surface area (Å²) in [6.07, 6.45) is 6.50. The van der Waals surface area contributed by atoms with E-state index in [0.29, 0.717) is 0 Å². The minimum Gasteiger partial charge on any atom is -0.342 e. The van der Waals surface area contributed by atoms with Gasteiger partial charge in [0.15, 0.2) is 0 Å². The van der Waals surface area contributed by atoms with Crippen molar-refractivity contribution in [3.63, 3.8) is 0 Å². The van der Waals surface area contributed by atoms with Crippen molar-refractivity contribution >= 4 is 23.1 Å². The summed E-state index contributed by atoms with van der Waals surface area (Å²) >= 11 is 0. The van der Waals surface area contributed by atoms with Crippen LogP contribution in [0.15, 0.2) is 72.9 Å². The first kappa shape index (κ1) is 17.3. The van der Waals surface area contributed by atoms with Crippen LogP contribution >= 0.6 is 0 Å². The van der Waals surface area contributed by atoms with Crippen LogP contribution in [0.25, 0.3) is 23.1 Å². The van der Waals surface area contributed by atoms with Crippen LogP contribution in [0.1, 0.15) is 27.8 Å². The third-order valence-electron chi connectivity index (χ3n) is 4.87. The molecule has 0 amide bonds. The summed E-state index contributed by atoms with van der Waals surface area (Å²) in [5, 5.41) is 1.23. The van der Waals surface area contributed by atoms with E-state index in [2.05, 4.69) is 79.2 Å². The highest BCUT2D eigenvalue weighted by molar-refractivity contribution is 5.92. The molecule has 0 fully saturated rings. The van der Waals surface area contributed by atoms with E-state index in [1.807, 2.05) is 12.1 Å². The molecule has 0 bridgehead atoms. The first-order valence-corrected chi connectivity index (χ1v) is 9.17. The van der Waals surface area contributed by atoms with Gasteiger partial charge in [0.25, 0.3) is 0 Å². The van der Waals surface area contributed by atoms with E-state index < -0.39 is 0 Å². The van der Waals surface area contributed by atoms with Crippen molar-refractivity contribution in [2.45, 2.75) is 20.4 Å². The van der Waals surface area contributed by atoms with Crippen molar-refractivity contribution in [2.75, 3.05) is 0 Å². The standard InChI is InChI=1S/C25H22FN/c1-18-3-6-20(7-4-18)8-11-22-17-27(16-21-9-12-23(26)13-10-21)25-15-19(2)5-14-24(22)25/h3-15,17H,16H2,1-2H3/b11-8+. The van der Waals surface area contributed by atoms with Crippen molar-refractivity contribution in [3.8, 4) is 0 Å². The number of hydrogen-bond donors (Lipinski definition) is 0. The van der Waals surface area contributed by atoms with Gasteiger partial charge in [0, 0.05) is 29.2 Å². The molecule has 0 saturated heterocycles. The minimum absolute atomic E-state index is 0.200. The van der Waals surface area contributed by atoms with E-state index in [4.69, 9.17) is 0 Å². The van der Waals surface area contributed by atoms with E-state index in [0.717, 1.165) is 12.1 Å². The highest BCUT2D eigenvalue weighted by atomic mass is 19.1. The normalized spacial score (nSPS) is 11.5. The minimum atomic E-state index is -0.200. The molecule has 0 aliphatic carbocycles. The Balaban J connectivity index is 1.72. The van der Waals surface area contributed by atoms with Crippen molar-refractivity contribution in [1.82, 2.24) is 4.57 Å². The summed E-state index contributed by atoms with van der Waals surface area (Å²) in [5.74, 6) is -0.200. The van der Waals surface area contributed by atoms with Crippen LogP contribution in [0, 0.1) is 19.7 Å². The van der Waals surface area contributed by atoms with Gasteiger partial charge < -0.3 is 4.57 Å². The highest BCUT2D eigenvalue weighted by Gasteiger charge is 2.08. The van der Waals surface area contributed by atoms with Crippen molar-refractivity contribution in [2.24, 2.45) is 0 Å². The number of fused-ring (bicyclic) bond motifs is 1. The second-order valence-electron chi connectivity index (χ2n) is 7.10. The fourth-order valence-electron chi connectivity index (χ4n) is 3.34. The molecule has 1 heterocycles. The van der Waals surface area contributed by atoms with Gasteiger partial charge in [-0.05, 0) is 48.7 Å². The molecule has 1 nitrogen and oxygen atoms in total. The molecule has 0 atom stereocenters. The Bertz CT molecular complexity index is 1100.